The van der Waals surface area contributed by atoms with E-state index in [2.05, 4.69) is 10.4 Å². The molecule has 0 saturated heterocycles. The highest BCUT2D eigenvalue weighted by atomic mass is 35.5. The summed E-state index contributed by atoms with van der Waals surface area (Å²) in [6, 6.07) is 10.5. The zero-order valence-electron chi connectivity index (χ0n) is 12.0. The summed E-state index contributed by atoms with van der Waals surface area (Å²) in [5.41, 5.74) is 1.06. The van der Waals surface area contributed by atoms with E-state index in [1.165, 1.54) is 17.1 Å². The number of aromatic nitrogens is 2. The van der Waals surface area contributed by atoms with Gasteiger partial charge >= 0.3 is 0 Å². The number of hydrogen-bond acceptors (Lipinski definition) is 4. The summed E-state index contributed by atoms with van der Waals surface area (Å²) < 4.78 is 6.60. The monoisotopic (exact) mass is 331 g/mol. The highest BCUT2D eigenvalue weighted by Gasteiger charge is 2.14. The third-order valence-electron chi connectivity index (χ3n) is 3.27. The molecule has 0 bridgehead atoms. The number of aliphatic hydroxyl groups is 1. The molecular formula is C16H14ClN3O3. The Morgan fingerprint density at radius 2 is 2.17 bits per heavy atom. The maximum absolute atomic E-state index is 12.1. The van der Waals surface area contributed by atoms with Gasteiger partial charge in [0.25, 0.3) is 5.91 Å². The number of carbonyl (C=O) groups excluding carboxylic acids is 1. The Bertz CT molecular complexity index is 799. The minimum Gasteiger partial charge on any atom is -0.467 e. The van der Waals surface area contributed by atoms with Crippen molar-refractivity contribution >= 4 is 17.5 Å². The Morgan fingerprint density at radius 1 is 1.35 bits per heavy atom. The van der Waals surface area contributed by atoms with Crippen LogP contribution in [0.4, 0.5) is 0 Å². The van der Waals surface area contributed by atoms with Gasteiger partial charge in [0.05, 0.1) is 35.3 Å². The number of amides is 1. The van der Waals surface area contributed by atoms with E-state index >= 15 is 0 Å². The molecule has 0 aliphatic rings. The van der Waals surface area contributed by atoms with Crippen LogP contribution in [0.2, 0.25) is 5.02 Å². The first-order valence-corrected chi connectivity index (χ1v) is 7.32. The number of nitrogens with zero attached hydrogens (tertiary/aromatic N) is 2. The number of hydrogen-bond donors (Lipinski definition) is 2. The topological polar surface area (TPSA) is 80.3 Å². The van der Waals surface area contributed by atoms with E-state index in [-0.39, 0.29) is 12.5 Å². The standard InChI is InChI=1S/C16H14ClN3O3/c17-12-4-1-2-5-13(12)20-10-11(8-19-20)16(22)18-9-14(21)15-6-3-7-23-15/h1-8,10,14,21H,9H2,(H,18,22). The fraction of sp³-hybridized carbons (Fsp3) is 0.125. The van der Waals surface area contributed by atoms with Crippen LogP contribution < -0.4 is 5.32 Å². The van der Waals surface area contributed by atoms with Crippen LogP contribution in [-0.4, -0.2) is 27.3 Å². The Morgan fingerprint density at radius 3 is 2.91 bits per heavy atom. The van der Waals surface area contributed by atoms with E-state index in [9.17, 15) is 9.90 Å². The molecule has 3 rings (SSSR count). The first-order valence-electron chi connectivity index (χ1n) is 6.94. The Balaban J connectivity index is 1.66. The maximum atomic E-state index is 12.1. The van der Waals surface area contributed by atoms with Crippen LogP contribution in [0.5, 0.6) is 0 Å². The van der Waals surface area contributed by atoms with Crippen molar-refractivity contribution in [3.8, 4) is 5.69 Å². The van der Waals surface area contributed by atoms with Crippen LogP contribution in [0.1, 0.15) is 22.2 Å². The zero-order valence-corrected chi connectivity index (χ0v) is 12.8. The fourth-order valence-corrected chi connectivity index (χ4v) is 2.30. The van der Waals surface area contributed by atoms with Crippen LogP contribution in [0, 0.1) is 0 Å². The number of aliphatic hydroxyl groups excluding tert-OH is 1. The van der Waals surface area contributed by atoms with Crippen LogP contribution in [-0.2, 0) is 0 Å². The summed E-state index contributed by atoms with van der Waals surface area (Å²) >= 11 is 6.10. The maximum Gasteiger partial charge on any atom is 0.254 e. The summed E-state index contributed by atoms with van der Waals surface area (Å²) in [4.78, 5) is 12.1. The van der Waals surface area contributed by atoms with Gasteiger partial charge in [-0.3, -0.25) is 4.79 Å². The molecule has 7 heteroatoms. The first-order chi connectivity index (χ1) is 11.1. The summed E-state index contributed by atoms with van der Waals surface area (Å²) in [6.07, 6.45) is 3.59. The van der Waals surface area contributed by atoms with Crippen molar-refractivity contribution < 1.29 is 14.3 Å². The van der Waals surface area contributed by atoms with Crippen molar-refractivity contribution in [1.29, 1.82) is 0 Å². The number of halogens is 1. The molecule has 0 saturated carbocycles. The number of carbonyl (C=O) groups is 1. The summed E-state index contributed by atoms with van der Waals surface area (Å²) in [5, 5.41) is 17.2. The number of furan rings is 1. The predicted octanol–water partition coefficient (Wildman–Crippen LogP) is 2.58. The van der Waals surface area contributed by atoms with Gasteiger partial charge in [0, 0.05) is 6.20 Å². The number of rotatable bonds is 5. The molecule has 2 heterocycles. The molecular weight excluding hydrogens is 318 g/mol. The van der Waals surface area contributed by atoms with Gasteiger partial charge in [0.15, 0.2) is 0 Å². The third-order valence-corrected chi connectivity index (χ3v) is 3.59. The predicted molar refractivity (Wildman–Crippen MR) is 84.6 cm³/mol. The van der Waals surface area contributed by atoms with Gasteiger partial charge in [0.1, 0.15) is 11.9 Å². The van der Waals surface area contributed by atoms with Crippen molar-refractivity contribution in [2.24, 2.45) is 0 Å². The normalized spacial score (nSPS) is 12.1. The SMILES string of the molecule is O=C(NCC(O)c1ccco1)c1cnn(-c2ccccc2Cl)c1. The fourth-order valence-electron chi connectivity index (χ4n) is 2.08. The molecule has 1 atom stereocenters. The lowest BCUT2D eigenvalue weighted by Gasteiger charge is -2.08. The molecule has 1 unspecified atom stereocenters. The molecule has 6 nitrogen and oxygen atoms in total. The quantitative estimate of drug-likeness (QED) is 0.753. The van der Waals surface area contributed by atoms with Crippen molar-refractivity contribution in [3.05, 3.63) is 71.4 Å². The van der Waals surface area contributed by atoms with Gasteiger partial charge in [-0.25, -0.2) is 4.68 Å². The van der Waals surface area contributed by atoms with E-state index < -0.39 is 6.10 Å². The second-order valence-corrected chi connectivity index (χ2v) is 5.27. The minimum absolute atomic E-state index is 0.0453. The molecule has 3 aromatic rings. The summed E-state index contributed by atoms with van der Waals surface area (Å²) in [6.45, 7) is 0.0453. The Hall–Kier alpha value is -2.57. The molecule has 2 aromatic heterocycles. The lowest BCUT2D eigenvalue weighted by molar-refractivity contribution is 0.0901. The molecule has 0 fully saturated rings. The first kappa shape index (κ1) is 15.3. The smallest absolute Gasteiger partial charge is 0.254 e. The van der Waals surface area contributed by atoms with Crippen molar-refractivity contribution in [1.82, 2.24) is 15.1 Å². The van der Waals surface area contributed by atoms with Gasteiger partial charge in [-0.2, -0.15) is 5.10 Å². The highest BCUT2D eigenvalue weighted by Crippen LogP contribution is 2.19. The molecule has 1 amide bonds. The van der Waals surface area contributed by atoms with Gasteiger partial charge in [0.2, 0.25) is 0 Å². The Labute approximate surface area is 137 Å². The van der Waals surface area contributed by atoms with Gasteiger partial charge in [-0.15, -0.1) is 0 Å². The molecule has 0 radical (unpaired) electrons. The van der Waals surface area contributed by atoms with Gasteiger partial charge < -0.3 is 14.8 Å². The van der Waals surface area contributed by atoms with E-state index in [0.29, 0.717) is 22.0 Å². The average molecular weight is 332 g/mol. The number of benzene rings is 1. The lowest BCUT2D eigenvalue weighted by Crippen LogP contribution is -2.27. The highest BCUT2D eigenvalue weighted by molar-refractivity contribution is 6.32. The summed E-state index contributed by atoms with van der Waals surface area (Å²) in [7, 11) is 0. The second-order valence-electron chi connectivity index (χ2n) is 4.87. The minimum atomic E-state index is -0.896. The number of para-hydroxylation sites is 1. The average Bonchev–Trinajstić information content (AvgIpc) is 3.24. The zero-order chi connectivity index (χ0) is 16.2. The number of nitrogens with one attached hydrogen (secondary N) is 1. The summed E-state index contributed by atoms with van der Waals surface area (Å²) in [5.74, 6) is 0.0611. The van der Waals surface area contributed by atoms with Crippen molar-refractivity contribution in [2.45, 2.75) is 6.10 Å². The lowest BCUT2D eigenvalue weighted by atomic mass is 10.2. The second kappa shape index (κ2) is 6.68. The van der Waals surface area contributed by atoms with E-state index in [1.54, 1.807) is 30.5 Å². The molecule has 0 aliphatic carbocycles. The van der Waals surface area contributed by atoms with Crippen LogP contribution in [0.3, 0.4) is 0 Å². The molecule has 0 spiro atoms. The van der Waals surface area contributed by atoms with Crippen LogP contribution >= 0.6 is 11.6 Å². The third kappa shape index (κ3) is 3.44. The van der Waals surface area contributed by atoms with Gasteiger partial charge in [-0.05, 0) is 24.3 Å². The van der Waals surface area contributed by atoms with Crippen LogP contribution in [0.15, 0.2) is 59.5 Å². The largest absolute Gasteiger partial charge is 0.467 e. The molecule has 23 heavy (non-hydrogen) atoms. The van der Waals surface area contributed by atoms with E-state index in [0.717, 1.165) is 0 Å². The Kier molecular flexibility index (Phi) is 4.45. The van der Waals surface area contributed by atoms with E-state index in [1.807, 2.05) is 12.1 Å². The molecule has 0 aliphatic heterocycles. The van der Waals surface area contributed by atoms with Gasteiger partial charge in [-0.1, -0.05) is 23.7 Å². The van der Waals surface area contributed by atoms with E-state index in [4.69, 9.17) is 16.0 Å². The van der Waals surface area contributed by atoms with Crippen molar-refractivity contribution in [2.75, 3.05) is 6.54 Å². The van der Waals surface area contributed by atoms with Crippen LogP contribution in [0.25, 0.3) is 5.69 Å². The van der Waals surface area contributed by atoms with Crippen molar-refractivity contribution in [3.63, 3.8) is 0 Å². The molecule has 2 N–H and O–H groups in total. The molecule has 1 aromatic carbocycles. The molecule has 118 valence electrons.